The second-order valence-electron chi connectivity index (χ2n) is 7.56. The summed E-state index contributed by atoms with van der Waals surface area (Å²) in [5.41, 5.74) is 3.89. The van der Waals surface area contributed by atoms with Crippen LogP contribution in [0.3, 0.4) is 0 Å². The van der Waals surface area contributed by atoms with Crippen LogP contribution in [-0.4, -0.2) is 37.5 Å². The molecule has 1 fully saturated rings. The minimum absolute atomic E-state index is 0.257. The number of nitrogens with zero attached hydrogens (tertiary/aromatic N) is 6. The van der Waals surface area contributed by atoms with E-state index in [1.807, 2.05) is 23.9 Å². The molecule has 0 radical (unpaired) electrons. The predicted molar refractivity (Wildman–Crippen MR) is 115 cm³/mol. The molecule has 0 aliphatic carbocycles. The molecule has 0 aromatic carbocycles. The average molecular weight is 434 g/mol. The first-order chi connectivity index (χ1) is 15.1. The normalized spacial score (nSPS) is 16.5. The highest BCUT2D eigenvalue weighted by Gasteiger charge is 2.20. The topological polar surface area (TPSA) is 83.8 Å². The monoisotopic (exact) mass is 433 g/mol. The number of pyridine rings is 2. The van der Waals surface area contributed by atoms with E-state index in [0.29, 0.717) is 17.1 Å². The number of aryl methyl sites for hydroxylation is 1. The van der Waals surface area contributed by atoms with Gasteiger partial charge in [-0.15, -0.1) is 0 Å². The molecule has 1 N–H and O–H groups in total. The lowest BCUT2D eigenvalue weighted by atomic mass is 10.1. The lowest BCUT2D eigenvalue weighted by molar-refractivity contribution is 0.346. The van der Waals surface area contributed by atoms with Crippen molar-refractivity contribution in [2.45, 2.75) is 35.7 Å². The minimum atomic E-state index is -0.400. The fraction of sp³-hybridized carbons (Fsp3) is 0.273. The molecule has 0 spiro atoms. The van der Waals surface area contributed by atoms with Crippen LogP contribution in [0.1, 0.15) is 30.1 Å². The van der Waals surface area contributed by atoms with Gasteiger partial charge in [-0.05, 0) is 44.5 Å². The second-order valence-corrected chi connectivity index (χ2v) is 8.59. The Morgan fingerprint density at radius 3 is 3.03 bits per heavy atom. The molecule has 31 heavy (non-hydrogen) atoms. The van der Waals surface area contributed by atoms with Gasteiger partial charge in [-0.2, -0.15) is 15.5 Å². The van der Waals surface area contributed by atoms with Crippen LogP contribution in [0, 0.1) is 24.1 Å². The third kappa shape index (κ3) is 3.69. The summed E-state index contributed by atoms with van der Waals surface area (Å²) in [6.07, 6.45) is 9.27. The molecule has 5 heterocycles. The number of hydrogen-bond donors (Lipinski definition) is 1. The maximum Gasteiger partial charge on any atom is 0.155 e. The molecule has 0 bridgehead atoms. The van der Waals surface area contributed by atoms with Gasteiger partial charge in [-0.1, -0.05) is 11.8 Å². The molecular weight excluding hydrogens is 413 g/mol. The van der Waals surface area contributed by atoms with E-state index in [4.69, 9.17) is 5.10 Å². The van der Waals surface area contributed by atoms with Crippen LogP contribution in [0.2, 0.25) is 0 Å². The largest absolute Gasteiger partial charge is 0.315 e. The molecule has 0 unspecified atom stereocenters. The average Bonchev–Trinajstić information content (AvgIpc) is 3.39. The standard InChI is InChI=1S/C22H20FN7S/c1-14-18(13-29(28-14)17-4-2-6-25-11-17)15-8-20(31-22-19(23)5-3-7-26-22)21-16(9-24)10-27-30(21)12-15/h3,5,7-8,10,12-13,17,25H,2,4,6,11H2,1H3/t17-/m0/s1. The van der Waals surface area contributed by atoms with Gasteiger partial charge in [0, 0.05) is 41.2 Å². The Balaban J connectivity index is 1.61. The van der Waals surface area contributed by atoms with Gasteiger partial charge in [0.1, 0.15) is 11.1 Å². The molecule has 0 saturated carbocycles. The van der Waals surface area contributed by atoms with E-state index >= 15 is 0 Å². The summed E-state index contributed by atoms with van der Waals surface area (Å²) >= 11 is 1.19. The quantitative estimate of drug-likeness (QED) is 0.524. The third-order valence-electron chi connectivity index (χ3n) is 5.50. The SMILES string of the molecule is Cc1nn([C@H]2CCCNC2)cc1-c1cc(Sc2ncccc2F)c2c(C#N)cnn2c1. The zero-order chi connectivity index (χ0) is 21.4. The molecule has 1 aliphatic rings. The highest BCUT2D eigenvalue weighted by molar-refractivity contribution is 7.99. The zero-order valence-corrected chi connectivity index (χ0v) is 17.7. The van der Waals surface area contributed by atoms with E-state index < -0.39 is 5.82 Å². The number of hydrogen-bond acceptors (Lipinski definition) is 6. The number of piperidine rings is 1. The molecule has 9 heteroatoms. The van der Waals surface area contributed by atoms with Crippen molar-refractivity contribution in [1.82, 2.24) is 29.7 Å². The Morgan fingerprint density at radius 1 is 1.35 bits per heavy atom. The van der Waals surface area contributed by atoms with Crippen LogP contribution in [0.4, 0.5) is 4.39 Å². The van der Waals surface area contributed by atoms with E-state index in [2.05, 4.69) is 27.7 Å². The van der Waals surface area contributed by atoms with Crippen LogP contribution in [0.5, 0.6) is 0 Å². The summed E-state index contributed by atoms with van der Waals surface area (Å²) in [6, 6.07) is 7.40. The first-order valence-corrected chi connectivity index (χ1v) is 10.9. The van der Waals surface area contributed by atoms with Crippen molar-refractivity contribution in [3.63, 3.8) is 0 Å². The van der Waals surface area contributed by atoms with Gasteiger partial charge < -0.3 is 5.32 Å². The van der Waals surface area contributed by atoms with Crippen molar-refractivity contribution in [2.75, 3.05) is 13.1 Å². The van der Waals surface area contributed by atoms with Gasteiger partial charge in [-0.3, -0.25) is 4.68 Å². The van der Waals surface area contributed by atoms with Gasteiger partial charge in [0.05, 0.1) is 29.0 Å². The first-order valence-electron chi connectivity index (χ1n) is 10.1. The van der Waals surface area contributed by atoms with E-state index in [9.17, 15) is 9.65 Å². The van der Waals surface area contributed by atoms with Crippen molar-refractivity contribution < 1.29 is 4.39 Å². The molecule has 4 aromatic heterocycles. The molecule has 1 saturated heterocycles. The Kier molecular flexibility index (Phi) is 5.18. The van der Waals surface area contributed by atoms with Crippen LogP contribution >= 0.6 is 11.8 Å². The predicted octanol–water partition coefficient (Wildman–Crippen LogP) is 3.99. The summed E-state index contributed by atoms with van der Waals surface area (Å²) in [6.45, 7) is 3.94. The summed E-state index contributed by atoms with van der Waals surface area (Å²) in [4.78, 5) is 4.88. The molecular formula is C22H20FN7S. The molecule has 1 aliphatic heterocycles. The number of halogens is 1. The van der Waals surface area contributed by atoms with Crippen LogP contribution in [0.25, 0.3) is 16.6 Å². The Bertz CT molecular complexity index is 1300. The van der Waals surface area contributed by atoms with Gasteiger partial charge in [-0.25, -0.2) is 13.9 Å². The number of aromatic nitrogens is 5. The fourth-order valence-electron chi connectivity index (χ4n) is 3.95. The Hall–Kier alpha value is -3.22. The van der Waals surface area contributed by atoms with Crippen molar-refractivity contribution in [3.8, 4) is 17.2 Å². The number of nitrogens with one attached hydrogen (secondary N) is 1. The van der Waals surface area contributed by atoms with Crippen molar-refractivity contribution in [2.24, 2.45) is 0 Å². The van der Waals surface area contributed by atoms with Crippen molar-refractivity contribution in [1.29, 1.82) is 5.26 Å². The maximum absolute atomic E-state index is 14.3. The lowest BCUT2D eigenvalue weighted by Gasteiger charge is -2.22. The van der Waals surface area contributed by atoms with Crippen molar-refractivity contribution in [3.05, 3.63) is 60.1 Å². The third-order valence-corrected chi connectivity index (χ3v) is 6.53. The van der Waals surface area contributed by atoms with Crippen LogP contribution in [-0.2, 0) is 0 Å². The lowest BCUT2D eigenvalue weighted by Crippen LogP contribution is -2.31. The zero-order valence-electron chi connectivity index (χ0n) is 16.9. The first kappa shape index (κ1) is 19.7. The summed E-state index contributed by atoms with van der Waals surface area (Å²) < 4.78 is 18.0. The van der Waals surface area contributed by atoms with E-state index in [1.165, 1.54) is 24.0 Å². The van der Waals surface area contributed by atoms with Gasteiger partial charge >= 0.3 is 0 Å². The fourth-order valence-corrected chi connectivity index (χ4v) is 4.93. The van der Waals surface area contributed by atoms with Crippen LogP contribution < -0.4 is 5.32 Å². The van der Waals surface area contributed by atoms with Crippen molar-refractivity contribution >= 4 is 17.3 Å². The number of fused-ring (bicyclic) bond motifs is 1. The minimum Gasteiger partial charge on any atom is -0.315 e. The maximum atomic E-state index is 14.3. The molecule has 0 amide bonds. The van der Waals surface area contributed by atoms with Gasteiger partial charge in [0.25, 0.3) is 0 Å². The molecule has 4 aromatic rings. The molecule has 5 rings (SSSR count). The molecule has 7 nitrogen and oxygen atoms in total. The van der Waals surface area contributed by atoms with Gasteiger partial charge in [0.2, 0.25) is 0 Å². The Labute approximate surface area is 182 Å². The van der Waals surface area contributed by atoms with E-state index in [1.54, 1.807) is 16.8 Å². The summed E-state index contributed by atoms with van der Waals surface area (Å²) in [5, 5.41) is 22.3. The summed E-state index contributed by atoms with van der Waals surface area (Å²) in [7, 11) is 0. The van der Waals surface area contributed by atoms with E-state index in [0.717, 1.165) is 47.6 Å². The summed E-state index contributed by atoms with van der Waals surface area (Å²) in [5.74, 6) is -0.400. The van der Waals surface area contributed by atoms with E-state index in [-0.39, 0.29) is 5.03 Å². The second kappa shape index (κ2) is 8.13. The molecule has 1 atom stereocenters. The number of rotatable bonds is 4. The number of nitriles is 1. The highest BCUT2D eigenvalue weighted by Crippen LogP contribution is 2.36. The highest BCUT2D eigenvalue weighted by atomic mass is 32.2. The molecule has 156 valence electrons. The van der Waals surface area contributed by atoms with Crippen LogP contribution in [0.15, 0.2) is 52.9 Å². The van der Waals surface area contributed by atoms with Gasteiger partial charge in [0.15, 0.2) is 5.82 Å². The smallest absolute Gasteiger partial charge is 0.155 e. The Morgan fingerprint density at radius 2 is 2.26 bits per heavy atom.